The lowest BCUT2D eigenvalue weighted by molar-refractivity contribution is 0.0725. The maximum absolute atomic E-state index is 12.6. The van der Waals surface area contributed by atoms with Crippen molar-refractivity contribution in [2.45, 2.75) is 13.8 Å². The molecular formula is C14H23ClN4O. The van der Waals surface area contributed by atoms with Crippen LogP contribution in [0.3, 0.4) is 0 Å². The normalized spacial score (nSPS) is 11.2. The zero-order valence-corrected chi connectivity index (χ0v) is 13.3. The van der Waals surface area contributed by atoms with Crippen molar-refractivity contribution in [3.63, 3.8) is 0 Å². The Bertz CT molecular complexity index is 462. The van der Waals surface area contributed by atoms with E-state index in [-0.39, 0.29) is 5.91 Å². The Morgan fingerprint density at radius 2 is 2.05 bits per heavy atom. The summed E-state index contributed by atoms with van der Waals surface area (Å²) in [6.45, 7) is 6.31. The molecule has 0 atom stereocenters. The molecule has 112 valence electrons. The maximum atomic E-state index is 12.6. The van der Waals surface area contributed by atoms with E-state index in [1.807, 2.05) is 23.9 Å². The number of aromatic nitrogens is 1. The molecule has 1 aromatic heterocycles. The number of carbonyl (C=O) groups is 1. The zero-order chi connectivity index (χ0) is 15.3. The van der Waals surface area contributed by atoms with Crippen LogP contribution in [0.1, 0.15) is 24.2 Å². The Hall–Kier alpha value is -1.33. The summed E-state index contributed by atoms with van der Waals surface area (Å²) in [5.74, 6) is 0.591. The summed E-state index contributed by atoms with van der Waals surface area (Å²) in [5, 5.41) is 0.336. The van der Waals surface area contributed by atoms with Gasteiger partial charge in [0.2, 0.25) is 0 Å². The van der Waals surface area contributed by atoms with Crippen LogP contribution >= 0.6 is 11.6 Å². The number of halogens is 1. The third-order valence-electron chi connectivity index (χ3n) is 2.80. The monoisotopic (exact) mass is 298 g/mol. The van der Waals surface area contributed by atoms with Gasteiger partial charge in [-0.05, 0) is 26.1 Å². The van der Waals surface area contributed by atoms with Crippen LogP contribution in [0, 0.1) is 5.92 Å². The molecule has 20 heavy (non-hydrogen) atoms. The molecule has 0 aromatic carbocycles. The van der Waals surface area contributed by atoms with E-state index in [1.54, 1.807) is 0 Å². The number of rotatable bonds is 6. The number of carbonyl (C=O) groups excluding carboxylic acids is 1. The van der Waals surface area contributed by atoms with Gasteiger partial charge < -0.3 is 15.5 Å². The molecule has 0 aliphatic carbocycles. The van der Waals surface area contributed by atoms with E-state index < -0.39 is 0 Å². The SMILES string of the molecule is CC(C)CN(CCN(C)C)C(=O)c1cc(N)ncc1Cl. The molecule has 0 fully saturated rings. The number of amides is 1. The highest BCUT2D eigenvalue weighted by Gasteiger charge is 2.20. The van der Waals surface area contributed by atoms with Crippen molar-refractivity contribution in [2.24, 2.45) is 5.92 Å². The third-order valence-corrected chi connectivity index (χ3v) is 3.10. The lowest BCUT2D eigenvalue weighted by atomic mass is 10.1. The van der Waals surface area contributed by atoms with Crippen molar-refractivity contribution < 1.29 is 4.79 Å². The van der Waals surface area contributed by atoms with Crippen LogP contribution in [-0.2, 0) is 0 Å². The molecule has 0 saturated carbocycles. The van der Waals surface area contributed by atoms with E-state index in [4.69, 9.17) is 17.3 Å². The molecule has 0 unspecified atom stereocenters. The summed E-state index contributed by atoms with van der Waals surface area (Å²) in [4.78, 5) is 20.3. The maximum Gasteiger partial charge on any atom is 0.255 e. The first-order chi connectivity index (χ1) is 9.31. The standard InChI is InChI=1S/C14H23ClN4O/c1-10(2)9-19(6-5-18(3)4)14(20)11-7-13(16)17-8-12(11)15/h7-8,10H,5-6,9H2,1-4H3,(H2,16,17). The van der Waals surface area contributed by atoms with Crippen LogP contribution in [0.25, 0.3) is 0 Å². The molecule has 0 spiro atoms. The highest BCUT2D eigenvalue weighted by Crippen LogP contribution is 2.19. The van der Waals surface area contributed by atoms with E-state index >= 15 is 0 Å². The quantitative estimate of drug-likeness (QED) is 0.872. The van der Waals surface area contributed by atoms with Crippen LogP contribution in [0.15, 0.2) is 12.3 Å². The van der Waals surface area contributed by atoms with Gasteiger partial charge in [0, 0.05) is 25.8 Å². The number of hydrogen-bond acceptors (Lipinski definition) is 4. The molecule has 0 aliphatic heterocycles. The molecule has 5 nitrogen and oxygen atoms in total. The lowest BCUT2D eigenvalue weighted by Gasteiger charge is -2.26. The second-order valence-electron chi connectivity index (χ2n) is 5.54. The number of hydrogen-bond donors (Lipinski definition) is 1. The second-order valence-corrected chi connectivity index (χ2v) is 5.94. The number of pyridine rings is 1. The number of nitrogens with two attached hydrogens (primary N) is 1. The average Bonchev–Trinajstić information content (AvgIpc) is 2.36. The first kappa shape index (κ1) is 16.7. The Labute approximate surface area is 125 Å². The summed E-state index contributed by atoms with van der Waals surface area (Å²) in [6.07, 6.45) is 1.42. The predicted molar refractivity (Wildman–Crippen MR) is 83.0 cm³/mol. The summed E-state index contributed by atoms with van der Waals surface area (Å²) >= 11 is 6.06. The van der Waals surface area contributed by atoms with E-state index in [9.17, 15) is 4.79 Å². The van der Waals surface area contributed by atoms with Gasteiger partial charge in [-0.2, -0.15) is 0 Å². The smallest absolute Gasteiger partial charge is 0.255 e. The minimum absolute atomic E-state index is 0.0975. The van der Waals surface area contributed by atoms with Crippen molar-refractivity contribution in [3.05, 3.63) is 22.8 Å². The Balaban J connectivity index is 2.93. The van der Waals surface area contributed by atoms with Crippen LogP contribution in [0.2, 0.25) is 5.02 Å². The molecule has 1 heterocycles. The molecule has 0 bridgehead atoms. The number of nitrogen functional groups attached to an aromatic ring is 1. The fourth-order valence-electron chi connectivity index (χ4n) is 1.83. The van der Waals surface area contributed by atoms with Crippen molar-refractivity contribution in [1.29, 1.82) is 0 Å². The van der Waals surface area contributed by atoms with Gasteiger partial charge in [-0.15, -0.1) is 0 Å². The van der Waals surface area contributed by atoms with Crippen LogP contribution < -0.4 is 5.73 Å². The van der Waals surface area contributed by atoms with Gasteiger partial charge in [-0.3, -0.25) is 4.79 Å². The molecule has 1 amide bonds. The largest absolute Gasteiger partial charge is 0.384 e. The zero-order valence-electron chi connectivity index (χ0n) is 12.6. The highest BCUT2D eigenvalue weighted by molar-refractivity contribution is 6.33. The summed E-state index contributed by atoms with van der Waals surface area (Å²) in [7, 11) is 3.96. The second kappa shape index (κ2) is 7.45. The van der Waals surface area contributed by atoms with Crippen molar-refractivity contribution in [1.82, 2.24) is 14.8 Å². The average molecular weight is 299 g/mol. The van der Waals surface area contributed by atoms with E-state index in [2.05, 4.69) is 18.8 Å². The van der Waals surface area contributed by atoms with Gasteiger partial charge in [-0.1, -0.05) is 25.4 Å². The van der Waals surface area contributed by atoms with Crippen LogP contribution in [-0.4, -0.2) is 54.4 Å². The number of anilines is 1. The molecule has 0 aliphatic rings. The lowest BCUT2D eigenvalue weighted by Crippen LogP contribution is -2.39. The molecule has 1 rings (SSSR count). The molecular weight excluding hydrogens is 276 g/mol. The van der Waals surface area contributed by atoms with E-state index in [0.29, 0.717) is 35.4 Å². The molecule has 6 heteroatoms. The minimum Gasteiger partial charge on any atom is -0.384 e. The van der Waals surface area contributed by atoms with Crippen molar-refractivity contribution >= 4 is 23.3 Å². The Kier molecular flexibility index (Phi) is 6.23. The fourth-order valence-corrected chi connectivity index (χ4v) is 2.01. The molecule has 1 aromatic rings. The summed E-state index contributed by atoms with van der Waals surface area (Å²) in [5.41, 5.74) is 6.06. The minimum atomic E-state index is -0.0975. The van der Waals surface area contributed by atoms with Gasteiger partial charge in [-0.25, -0.2) is 4.98 Å². The Morgan fingerprint density at radius 1 is 1.40 bits per heavy atom. The van der Waals surface area contributed by atoms with E-state index in [1.165, 1.54) is 12.3 Å². The third kappa shape index (κ3) is 4.98. The van der Waals surface area contributed by atoms with Gasteiger partial charge in [0.15, 0.2) is 0 Å². The fraction of sp³-hybridized carbons (Fsp3) is 0.571. The van der Waals surface area contributed by atoms with Crippen LogP contribution in [0.4, 0.5) is 5.82 Å². The van der Waals surface area contributed by atoms with Gasteiger partial charge in [0.25, 0.3) is 5.91 Å². The first-order valence-electron chi connectivity index (χ1n) is 6.66. The van der Waals surface area contributed by atoms with Gasteiger partial charge in [0.05, 0.1) is 10.6 Å². The first-order valence-corrected chi connectivity index (χ1v) is 7.04. The number of likely N-dealkylation sites (N-methyl/N-ethyl adjacent to an activating group) is 1. The van der Waals surface area contributed by atoms with Gasteiger partial charge >= 0.3 is 0 Å². The molecule has 2 N–H and O–H groups in total. The predicted octanol–water partition coefficient (Wildman–Crippen LogP) is 1.98. The topological polar surface area (TPSA) is 62.5 Å². The Morgan fingerprint density at radius 3 is 2.60 bits per heavy atom. The van der Waals surface area contributed by atoms with E-state index in [0.717, 1.165) is 6.54 Å². The van der Waals surface area contributed by atoms with Crippen molar-refractivity contribution in [2.75, 3.05) is 39.5 Å². The van der Waals surface area contributed by atoms with Crippen LogP contribution in [0.5, 0.6) is 0 Å². The molecule has 0 saturated heterocycles. The van der Waals surface area contributed by atoms with Crippen molar-refractivity contribution in [3.8, 4) is 0 Å². The highest BCUT2D eigenvalue weighted by atomic mass is 35.5. The summed E-state index contributed by atoms with van der Waals surface area (Å²) < 4.78 is 0. The molecule has 0 radical (unpaired) electrons. The summed E-state index contributed by atoms with van der Waals surface area (Å²) in [6, 6.07) is 1.54. The van der Waals surface area contributed by atoms with Gasteiger partial charge in [0.1, 0.15) is 5.82 Å². The number of nitrogens with zero attached hydrogens (tertiary/aromatic N) is 3.